The number of aromatic nitrogens is 1. The number of aryl methyl sites for hydroxylation is 2. The molecule has 0 bridgehead atoms. The molecule has 9 nitrogen and oxygen atoms in total. The van der Waals surface area contributed by atoms with Crippen LogP contribution in [0.25, 0.3) is 0 Å². The summed E-state index contributed by atoms with van der Waals surface area (Å²) >= 11 is 1.27. The van der Waals surface area contributed by atoms with Gasteiger partial charge in [0.1, 0.15) is 24.8 Å². The lowest BCUT2D eigenvalue weighted by molar-refractivity contribution is -0.534. The second-order valence-corrected chi connectivity index (χ2v) is 8.53. The van der Waals surface area contributed by atoms with Crippen molar-refractivity contribution < 1.29 is 24.5 Å². The average molecular weight is 485 g/mol. The van der Waals surface area contributed by atoms with E-state index in [1.54, 1.807) is 19.3 Å². The first kappa shape index (κ1) is 26.6. The highest BCUT2D eigenvalue weighted by molar-refractivity contribution is 7.09. The number of benzene rings is 1. The molecule has 0 saturated carbocycles. The summed E-state index contributed by atoms with van der Waals surface area (Å²) in [7, 11) is 0. The topological polar surface area (TPSA) is 121 Å². The van der Waals surface area contributed by atoms with Crippen molar-refractivity contribution in [2.45, 2.75) is 27.7 Å². The number of hydrogen-bond donors (Lipinski definition) is 2. The fourth-order valence-corrected chi connectivity index (χ4v) is 3.61. The molecule has 1 aromatic carbocycles. The molecular formula is C24H30N5O4S+. The van der Waals surface area contributed by atoms with E-state index in [4.69, 9.17) is 9.47 Å². The van der Waals surface area contributed by atoms with Crippen LogP contribution in [0, 0.1) is 25.2 Å². The summed E-state index contributed by atoms with van der Waals surface area (Å²) in [6.45, 7) is 15.3. The van der Waals surface area contributed by atoms with Crippen molar-refractivity contribution in [3.63, 3.8) is 0 Å². The number of nitrogens with one attached hydrogen (secondary N) is 1. The quantitative estimate of drug-likeness (QED) is 0.204. The lowest BCUT2D eigenvalue weighted by Crippen LogP contribution is -2.82. The number of carbonyl (C=O) groups is 2. The van der Waals surface area contributed by atoms with Gasteiger partial charge in [0.05, 0.1) is 24.5 Å². The number of nitrogen functional groups attached to an aromatic ring is 1. The highest BCUT2D eigenvalue weighted by atomic mass is 32.1. The number of hydrogen-bond acceptors (Lipinski definition) is 9. The number of anilines is 2. The number of ether oxygens (including phenoxy) is 2. The van der Waals surface area contributed by atoms with Gasteiger partial charge in [0, 0.05) is 28.4 Å². The molecule has 0 radical (unpaired) electrons. The molecule has 1 heterocycles. The Kier molecular flexibility index (Phi) is 9.79. The molecule has 0 aliphatic rings. The third-order valence-corrected chi connectivity index (χ3v) is 5.70. The SMILES string of the molecule is C=C(C)C(=O)OCCN(CCOC(=O)C(=C)C)c1ccc(N[NH2+]c2snc(C)c2C#N)c(C)c1. The van der Waals surface area contributed by atoms with E-state index in [0.717, 1.165) is 21.9 Å². The van der Waals surface area contributed by atoms with Crippen molar-refractivity contribution >= 4 is 39.8 Å². The first-order chi connectivity index (χ1) is 16.1. The number of quaternary nitrogens is 1. The van der Waals surface area contributed by atoms with Crippen LogP contribution in [0.1, 0.15) is 30.7 Å². The molecule has 0 amide bonds. The Morgan fingerprint density at radius 1 is 1.15 bits per heavy atom. The van der Waals surface area contributed by atoms with Crippen molar-refractivity contribution in [2.24, 2.45) is 0 Å². The molecule has 1 aromatic heterocycles. The van der Waals surface area contributed by atoms with Gasteiger partial charge in [0.25, 0.3) is 0 Å². The van der Waals surface area contributed by atoms with E-state index in [2.05, 4.69) is 29.0 Å². The number of nitrogens with zero attached hydrogens (tertiary/aromatic N) is 3. The average Bonchev–Trinajstić information content (AvgIpc) is 3.15. The fraction of sp³-hybridized carbons (Fsp3) is 0.333. The summed E-state index contributed by atoms with van der Waals surface area (Å²) in [4.78, 5) is 25.4. The highest BCUT2D eigenvalue weighted by Gasteiger charge is 2.16. The standard InChI is InChI=1S/C24H29N5O4S/c1-15(2)23(30)32-11-9-29(10-12-33-24(31)16(3)4)19-7-8-21(17(5)13-19)26-27-22-20(14-25)18(6)28-34-22/h7-8,13,26-27H,1,3,9-12H2,2,4-6H3/p+1. The Bertz CT molecular complexity index is 1090. The molecule has 0 saturated heterocycles. The Hall–Kier alpha value is -3.68. The summed E-state index contributed by atoms with van der Waals surface area (Å²) in [6.07, 6.45) is 0. The predicted octanol–water partition coefficient (Wildman–Crippen LogP) is 2.90. The number of nitriles is 1. The summed E-state index contributed by atoms with van der Waals surface area (Å²) in [5.74, 6) is -0.898. The van der Waals surface area contributed by atoms with Gasteiger partial charge in [-0.3, -0.25) is 0 Å². The minimum atomic E-state index is -0.449. The third-order valence-electron chi connectivity index (χ3n) is 4.82. The molecule has 34 heavy (non-hydrogen) atoms. The lowest BCUT2D eigenvalue weighted by atomic mass is 10.1. The van der Waals surface area contributed by atoms with Gasteiger partial charge in [-0.2, -0.15) is 9.64 Å². The van der Waals surface area contributed by atoms with Crippen LogP contribution < -0.4 is 15.8 Å². The maximum absolute atomic E-state index is 11.7. The summed E-state index contributed by atoms with van der Waals surface area (Å²) in [5.41, 5.74) is 9.68. The smallest absolute Gasteiger partial charge is 0.333 e. The third kappa shape index (κ3) is 7.43. The van der Waals surface area contributed by atoms with E-state index in [-0.39, 0.29) is 13.2 Å². The van der Waals surface area contributed by atoms with Gasteiger partial charge in [-0.15, -0.1) is 0 Å². The van der Waals surface area contributed by atoms with Crippen LogP contribution >= 0.6 is 11.5 Å². The molecule has 0 fully saturated rings. The van der Waals surface area contributed by atoms with Gasteiger partial charge in [-0.1, -0.05) is 13.2 Å². The van der Waals surface area contributed by atoms with E-state index in [1.807, 2.05) is 36.9 Å². The summed E-state index contributed by atoms with van der Waals surface area (Å²) in [6, 6.07) is 8.01. The van der Waals surface area contributed by atoms with Crippen LogP contribution in [0.3, 0.4) is 0 Å². The maximum Gasteiger partial charge on any atom is 0.333 e. The van der Waals surface area contributed by atoms with Gasteiger partial charge >= 0.3 is 11.9 Å². The van der Waals surface area contributed by atoms with Crippen molar-refractivity contribution in [1.82, 2.24) is 4.37 Å². The molecule has 180 valence electrons. The molecule has 0 spiro atoms. The van der Waals surface area contributed by atoms with Crippen LogP contribution in [0.5, 0.6) is 0 Å². The molecule has 3 N–H and O–H groups in total. The van der Waals surface area contributed by atoms with Crippen LogP contribution in [0.4, 0.5) is 16.4 Å². The van der Waals surface area contributed by atoms with Gasteiger partial charge in [0.2, 0.25) is 5.00 Å². The van der Waals surface area contributed by atoms with E-state index in [1.165, 1.54) is 11.5 Å². The Labute approximate surface area is 203 Å². The minimum absolute atomic E-state index is 0.161. The second kappa shape index (κ2) is 12.5. The number of carbonyl (C=O) groups excluding carboxylic acids is 2. The lowest BCUT2D eigenvalue weighted by Gasteiger charge is -2.25. The van der Waals surface area contributed by atoms with Crippen LogP contribution in [-0.4, -0.2) is 42.6 Å². The first-order valence-corrected chi connectivity index (χ1v) is 11.4. The molecule has 0 aliphatic carbocycles. The predicted molar refractivity (Wildman–Crippen MR) is 132 cm³/mol. The highest BCUT2D eigenvalue weighted by Crippen LogP contribution is 2.23. The normalized spacial score (nSPS) is 10.2. The molecule has 2 aromatic rings. The van der Waals surface area contributed by atoms with E-state index < -0.39 is 11.9 Å². The minimum Gasteiger partial charge on any atom is -0.460 e. The molecule has 10 heteroatoms. The second-order valence-electron chi connectivity index (χ2n) is 7.73. The molecule has 0 aliphatic heterocycles. The number of nitrogens with two attached hydrogens (primary N) is 1. The Morgan fingerprint density at radius 3 is 2.24 bits per heavy atom. The first-order valence-electron chi connectivity index (χ1n) is 10.6. The largest absolute Gasteiger partial charge is 0.460 e. The van der Waals surface area contributed by atoms with Gasteiger partial charge in [0.15, 0.2) is 0 Å². The zero-order chi connectivity index (χ0) is 25.3. The van der Waals surface area contributed by atoms with Crippen LogP contribution in [-0.2, 0) is 19.1 Å². The monoisotopic (exact) mass is 484 g/mol. The Morgan fingerprint density at radius 2 is 1.74 bits per heavy atom. The van der Waals surface area contributed by atoms with Gasteiger partial charge in [-0.05, 0) is 51.5 Å². The zero-order valence-electron chi connectivity index (χ0n) is 19.9. The molecule has 2 rings (SSSR count). The van der Waals surface area contributed by atoms with E-state index >= 15 is 0 Å². The van der Waals surface area contributed by atoms with Gasteiger partial charge < -0.3 is 14.4 Å². The van der Waals surface area contributed by atoms with E-state index in [0.29, 0.717) is 35.5 Å². The van der Waals surface area contributed by atoms with Crippen molar-refractivity contribution in [3.05, 3.63) is 59.3 Å². The maximum atomic E-state index is 11.7. The molecule has 0 unspecified atom stereocenters. The van der Waals surface area contributed by atoms with Crippen LogP contribution in [0.2, 0.25) is 0 Å². The zero-order valence-corrected chi connectivity index (χ0v) is 20.8. The summed E-state index contributed by atoms with van der Waals surface area (Å²) < 4.78 is 14.7. The number of esters is 2. The molecule has 0 atom stereocenters. The number of rotatable bonds is 12. The van der Waals surface area contributed by atoms with Crippen molar-refractivity contribution in [3.8, 4) is 6.07 Å². The van der Waals surface area contributed by atoms with Gasteiger partial charge in [-0.25, -0.2) is 20.4 Å². The van der Waals surface area contributed by atoms with Crippen molar-refractivity contribution in [1.29, 1.82) is 5.26 Å². The fourth-order valence-electron chi connectivity index (χ4n) is 2.89. The molecular weight excluding hydrogens is 454 g/mol. The van der Waals surface area contributed by atoms with Crippen LogP contribution in [0.15, 0.2) is 42.5 Å². The van der Waals surface area contributed by atoms with E-state index in [9.17, 15) is 14.9 Å². The Balaban J connectivity index is 2.10. The van der Waals surface area contributed by atoms with Crippen molar-refractivity contribution in [2.75, 3.05) is 36.6 Å². The summed E-state index contributed by atoms with van der Waals surface area (Å²) in [5, 5.41) is 10.1.